The molecule has 90 valence electrons. The first kappa shape index (κ1) is 5.95. The predicted octanol–water partition coefficient (Wildman–Crippen LogP) is 2.12. The average Bonchev–Trinajstić information content (AvgIpc) is 2.59. The molecule has 18 heavy (non-hydrogen) atoms. The molecule has 2 aromatic heterocycles. The second kappa shape index (κ2) is 3.80. The van der Waals surface area contributed by atoms with Crippen LogP contribution in [0, 0.1) is 6.85 Å². The molecule has 0 saturated carbocycles. The molecular weight excluding hydrogens is 228 g/mol. The average molecular weight is 246 g/mol. The van der Waals surface area contributed by atoms with Crippen LogP contribution in [-0.4, -0.2) is 22.9 Å². The van der Waals surface area contributed by atoms with E-state index in [1.807, 2.05) is 0 Å². The number of anilines is 3. The molecule has 1 amide bonds. The van der Waals surface area contributed by atoms with Gasteiger partial charge in [0.25, 0.3) is 5.91 Å². The lowest BCUT2D eigenvalue weighted by Crippen LogP contribution is -2.14. The molecule has 0 radical (unpaired) electrons. The van der Waals surface area contributed by atoms with Gasteiger partial charge in [0.1, 0.15) is 5.82 Å². The Balaban J connectivity index is 2.35. The normalized spacial score (nSPS) is 19.5. The number of rotatable bonds is 0. The van der Waals surface area contributed by atoms with Crippen molar-refractivity contribution in [1.82, 2.24) is 9.97 Å². The van der Waals surface area contributed by atoms with Crippen molar-refractivity contribution in [3.63, 3.8) is 0 Å². The molecule has 0 spiro atoms. The van der Waals surface area contributed by atoms with Crippen molar-refractivity contribution in [1.29, 1.82) is 0 Å². The third-order valence-electron chi connectivity index (χ3n) is 2.67. The van der Waals surface area contributed by atoms with Crippen LogP contribution < -0.4 is 10.2 Å². The maximum atomic E-state index is 12.6. The lowest BCUT2D eigenvalue weighted by molar-refractivity contribution is 0.102. The lowest BCUT2D eigenvalue weighted by Gasteiger charge is -2.18. The second-order valence-corrected chi connectivity index (χ2v) is 3.76. The summed E-state index contributed by atoms with van der Waals surface area (Å²) in [5.74, 6) is -0.724. The zero-order valence-electron chi connectivity index (χ0n) is 15.4. The number of hydrogen-bond acceptors (Lipinski definition) is 4. The van der Waals surface area contributed by atoms with Crippen molar-refractivity contribution >= 4 is 23.2 Å². The lowest BCUT2D eigenvalue weighted by atomic mass is 10.2. The highest BCUT2D eigenvalue weighted by atomic mass is 16.1. The molecule has 0 aromatic carbocycles. The summed E-state index contributed by atoms with van der Waals surface area (Å²) in [6.45, 7) is -2.54. The van der Waals surface area contributed by atoms with E-state index < -0.39 is 12.8 Å². The second-order valence-electron chi connectivity index (χ2n) is 3.76. The van der Waals surface area contributed by atoms with E-state index in [2.05, 4.69) is 9.97 Å². The molecule has 0 aliphatic carbocycles. The fourth-order valence-corrected chi connectivity index (χ4v) is 1.79. The van der Waals surface area contributed by atoms with E-state index in [1.54, 1.807) is 0 Å². The van der Waals surface area contributed by atoms with Gasteiger partial charge in [0.15, 0.2) is 7.23 Å². The molecule has 0 atom stereocenters. The highest BCUT2D eigenvalue weighted by molar-refractivity contribution is 6.11. The molecule has 1 N–H and O–H groups in total. The van der Waals surface area contributed by atoms with Crippen LogP contribution in [0.5, 0.6) is 0 Å². The molecular formula is C13H12N4O. The zero-order chi connectivity index (χ0) is 17.8. The number of nitrogens with one attached hydrogen (secondary N) is 1. The van der Waals surface area contributed by atoms with Gasteiger partial charge in [-0.25, -0.2) is 9.97 Å². The molecule has 0 fully saturated rings. The van der Waals surface area contributed by atoms with Crippen LogP contribution in [0.25, 0.3) is 0 Å². The van der Waals surface area contributed by atoms with Gasteiger partial charge in [-0.15, -0.1) is 0 Å². The van der Waals surface area contributed by atoms with E-state index in [0.717, 1.165) is 6.07 Å². The first-order chi connectivity index (χ1) is 11.1. The maximum absolute atomic E-state index is 12.6. The summed E-state index contributed by atoms with van der Waals surface area (Å²) in [6.07, 6.45) is 0.946. The van der Waals surface area contributed by atoms with E-state index in [9.17, 15) is 4.79 Å². The van der Waals surface area contributed by atoms with Gasteiger partial charge in [-0.2, -0.15) is 0 Å². The van der Waals surface area contributed by atoms with Crippen LogP contribution >= 0.6 is 0 Å². The van der Waals surface area contributed by atoms with Gasteiger partial charge in [0.2, 0.25) is 0 Å². The van der Waals surface area contributed by atoms with Crippen LogP contribution in [0.1, 0.15) is 22.8 Å². The number of carbonyl (C=O) groups is 1. The molecule has 0 saturated heterocycles. The summed E-state index contributed by atoms with van der Waals surface area (Å²) in [6, 6.07) is 2.12. The molecule has 1 aliphatic heterocycles. The van der Waals surface area contributed by atoms with Crippen molar-refractivity contribution < 1.29 is 13.1 Å². The summed E-state index contributed by atoms with van der Waals surface area (Å²) in [7, 11) is 1.51. The smallest absolute Gasteiger partial charge is 0.259 e. The summed E-state index contributed by atoms with van der Waals surface area (Å²) in [5, 5.41) is 0.455. The Labute approximate surface area is 113 Å². The molecule has 5 heteroatoms. The highest BCUT2D eigenvalue weighted by Gasteiger charge is 2.25. The van der Waals surface area contributed by atoms with Crippen molar-refractivity contribution in [2.75, 3.05) is 17.3 Å². The van der Waals surface area contributed by atoms with Crippen LogP contribution in [0.15, 0.2) is 30.5 Å². The molecule has 5 nitrogen and oxygen atoms in total. The minimum atomic E-state index is -2.54. The maximum Gasteiger partial charge on any atom is 0.259 e. The topological polar surface area (TPSA) is 58.1 Å². The highest BCUT2D eigenvalue weighted by Crippen LogP contribution is 2.35. The third-order valence-corrected chi connectivity index (χ3v) is 2.67. The molecule has 2 aromatic rings. The fourth-order valence-electron chi connectivity index (χ4n) is 1.79. The van der Waals surface area contributed by atoms with E-state index in [4.69, 9.17) is 8.27 Å². The van der Waals surface area contributed by atoms with Crippen molar-refractivity contribution in [3.8, 4) is 0 Å². The van der Waals surface area contributed by atoms with E-state index in [0.29, 0.717) is 5.31 Å². The molecule has 0 bridgehead atoms. The summed E-state index contributed by atoms with van der Waals surface area (Å²) in [4.78, 5) is 22.0. The molecule has 1 aliphatic rings. The Kier molecular flexibility index (Phi) is 1.26. The summed E-state index contributed by atoms with van der Waals surface area (Å²) in [5.41, 5.74) is -0.420. The van der Waals surface area contributed by atoms with Gasteiger partial charge < -0.3 is 10.2 Å². The number of hydrogen-bond donors (Lipinski definition) is 1. The van der Waals surface area contributed by atoms with Gasteiger partial charge in [-0.3, -0.25) is 4.79 Å². The van der Waals surface area contributed by atoms with Gasteiger partial charge in [-0.1, -0.05) is 0 Å². The number of pyridine rings is 2. The quantitative estimate of drug-likeness (QED) is 0.773. The van der Waals surface area contributed by atoms with Gasteiger partial charge >= 0.3 is 0 Å². The van der Waals surface area contributed by atoms with Crippen LogP contribution in [-0.2, 0) is 0 Å². The predicted molar refractivity (Wildman–Crippen MR) is 69.2 cm³/mol. The number of aromatic nitrogens is 2. The standard InChI is InChI=1S/C13H12N4O/c1-8-5-7-15-12-10(8)16-13(18)9-4-3-6-14-11(9)17(12)2/h3-7H,1-2H3,(H,16,18)/i1D3,3D,6D/hD. The van der Waals surface area contributed by atoms with Crippen LogP contribution in [0.4, 0.5) is 17.3 Å². The van der Waals surface area contributed by atoms with Gasteiger partial charge in [0.05, 0.1) is 14.0 Å². The third kappa shape index (κ3) is 1.44. The van der Waals surface area contributed by atoms with Crippen LogP contribution in [0.3, 0.4) is 0 Å². The van der Waals surface area contributed by atoms with E-state index in [1.165, 1.54) is 24.2 Å². The Bertz CT molecular complexity index is 853. The van der Waals surface area contributed by atoms with Crippen molar-refractivity contribution in [2.24, 2.45) is 0 Å². The Morgan fingerprint density at radius 2 is 2.33 bits per heavy atom. The largest absolute Gasteiger partial charge is 0.318 e. The number of amides is 1. The first-order valence-corrected chi connectivity index (χ1v) is 5.17. The van der Waals surface area contributed by atoms with E-state index in [-0.39, 0.29) is 40.7 Å². The summed E-state index contributed by atoms with van der Waals surface area (Å²) >= 11 is 0. The van der Waals surface area contributed by atoms with Crippen LogP contribution in [0.2, 0.25) is 1.41 Å². The fraction of sp³-hybridized carbons (Fsp3) is 0.154. The monoisotopic (exact) mass is 246 g/mol. The number of fused-ring (bicyclic) bond motifs is 2. The Morgan fingerprint density at radius 1 is 1.44 bits per heavy atom. The van der Waals surface area contributed by atoms with E-state index >= 15 is 0 Å². The zero-order valence-corrected chi connectivity index (χ0v) is 9.43. The Morgan fingerprint density at radius 3 is 3.17 bits per heavy atom. The molecule has 3 rings (SSSR count). The summed E-state index contributed by atoms with van der Waals surface area (Å²) < 4.78 is 46.3. The molecule has 3 heterocycles. The van der Waals surface area contributed by atoms with Crippen molar-refractivity contribution in [2.45, 2.75) is 6.85 Å². The number of nitrogens with zero attached hydrogens (tertiary/aromatic N) is 3. The minimum Gasteiger partial charge on any atom is -0.318 e. The first-order valence-electron chi connectivity index (χ1n) is 8.12. The minimum absolute atomic E-state index is 0.0483. The number of aryl methyl sites for hydroxylation is 1. The van der Waals surface area contributed by atoms with Crippen molar-refractivity contribution in [3.05, 3.63) is 41.7 Å². The SMILES string of the molecule is [2H]c1cc2c(nc1[2H])N(C)c1nccc(C([2H])([2H])[2H])c1N([2H])C2=O. The molecule has 0 unspecified atom stereocenters. The number of carbonyl (C=O) groups excluding carboxylic acids is 1. The van der Waals surface area contributed by atoms with Gasteiger partial charge in [0, 0.05) is 23.5 Å². The Hall–Kier alpha value is -2.43. The van der Waals surface area contributed by atoms with Gasteiger partial charge in [-0.05, 0) is 30.6 Å².